The maximum Gasteiger partial charge on any atom is 0.0611 e. The zero-order chi connectivity index (χ0) is 14.5. The molecule has 0 bridgehead atoms. The van der Waals surface area contributed by atoms with Crippen molar-refractivity contribution in [3.05, 3.63) is 12.2 Å². The maximum atomic E-state index is 8.97. The van der Waals surface area contributed by atoms with Crippen LogP contribution in [0.1, 0.15) is 71.1 Å². The maximum absolute atomic E-state index is 8.97. The number of hydrogen-bond donors (Lipinski definition) is 1. The molecule has 0 aromatic carbocycles. The lowest BCUT2D eigenvalue weighted by Gasteiger charge is -2.36. The predicted octanol–water partition coefficient (Wildman–Crippen LogP) is 5.63. The second kappa shape index (κ2) is 12.0. The van der Waals surface area contributed by atoms with Crippen molar-refractivity contribution in [2.24, 2.45) is 0 Å². The van der Waals surface area contributed by atoms with Gasteiger partial charge in [-0.2, -0.15) is 0 Å². The third-order valence-corrected chi connectivity index (χ3v) is 7.37. The third kappa shape index (κ3) is 7.99. The fraction of sp³-hybridized carbons (Fsp3) is 0.882. The Morgan fingerprint density at radius 1 is 0.950 bits per heavy atom. The van der Waals surface area contributed by atoms with Gasteiger partial charge in [-0.05, 0) is 62.9 Å². The lowest BCUT2D eigenvalue weighted by atomic mass is 10.1. The molecular weight excluding hydrogens is 284 g/mol. The van der Waals surface area contributed by atoms with Crippen LogP contribution in [0.2, 0.25) is 0 Å². The average Bonchev–Trinajstić information content (AvgIpc) is 2.48. The smallest absolute Gasteiger partial charge is 0.0611 e. The summed E-state index contributed by atoms with van der Waals surface area (Å²) < 4.78 is 0.463. The van der Waals surface area contributed by atoms with E-state index in [4.69, 9.17) is 5.11 Å². The molecule has 0 unspecified atom stereocenters. The summed E-state index contributed by atoms with van der Waals surface area (Å²) in [7, 11) is 0. The minimum atomic E-state index is 0.353. The van der Waals surface area contributed by atoms with E-state index in [1.807, 2.05) is 0 Å². The Morgan fingerprint density at radius 2 is 1.60 bits per heavy atom. The molecule has 1 aliphatic heterocycles. The van der Waals surface area contributed by atoms with Crippen molar-refractivity contribution in [1.29, 1.82) is 0 Å². The number of thioether (sulfide) groups is 2. The Morgan fingerprint density at radius 3 is 2.25 bits per heavy atom. The Bertz CT molecular complexity index is 247. The van der Waals surface area contributed by atoms with E-state index in [0.29, 0.717) is 10.7 Å². The van der Waals surface area contributed by atoms with Gasteiger partial charge in [0.2, 0.25) is 0 Å². The lowest BCUT2D eigenvalue weighted by Crippen LogP contribution is -2.25. The summed E-state index contributed by atoms with van der Waals surface area (Å²) in [6.45, 7) is 2.60. The summed E-state index contributed by atoms with van der Waals surface area (Å²) in [6, 6.07) is 0. The zero-order valence-electron chi connectivity index (χ0n) is 13.1. The first-order chi connectivity index (χ1) is 9.83. The molecule has 1 N–H and O–H groups in total. The minimum Gasteiger partial charge on any atom is -0.396 e. The van der Waals surface area contributed by atoms with Crippen molar-refractivity contribution in [2.75, 3.05) is 18.1 Å². The Kier molecular flexibility index (Phi) is 11.1. The van der Waals surface area contributed by atoms with Gasteiger partial charge in [0, 0.05) is 6.61 Å². The highest BCUT2D eigenvalue weighted by molar-refractivity contribution is 8.18. The summed E-state index contributed by atoms with van der Waals surface area (Å²) in [4.78, 5) is 0. The highest BCUT2D eigenvalue weighted by Crippen LogP contribution is 2.49. The number of allylic oxidation sites excluding steroid dienone is 2. The molecule has 1 fully saturated rings. The van der Waals surface area contributed by atoms with Crippen LogP contribution in [-0.4, -0.2) is 27.3 Å². The number of unbranched alkanes of at least 4 members (excludes halogenated alkanes) is 4. The van der Waals surface area contributed by atoms with Crippen LogP contribution in [0.5, 0.6) is 0 Å². The summed E-state index contributed by atoms with van der Waals surface area (Å²) in [5.41, 5.74) is 0. The number of rotatable bonds is 11. The van der Waals surface area contributed by atoms with Crippen molar-refractivity contribution >= 4 is 23.5 Å². The molecule has 0 spiro atoms. The fourth-order valence-corrected chi connectivity index (χ4v) is 6.08. The van der Waals surface area contributed by atoms with Crippen LogP contribution >= 0.6 is 23.5 Å². The van der Waals surface area contributed by atoms with Crippen LogP contribution in [0.4, 0.5) is 0 Å². The molecule has 1 rings (SSSR count). The van der Waals surface area contributed by atoms with Crippen molar-refractivity contribution in [3.8, 4) is 0 Å². The SMILES string of the molecule is CCCCC=CCCCC1(CCCCO)SCCCS1. The molecule has 118 valence electrons. The summed E-state index contributed by atoms with van der Waals surface area (Å²) in [5.74, 6) is 2.66. The van der Waals surface area contributed by atoms with Crippen LogP contribution in [0, 0.1) is 0 Å². The van der Waals surface area contributed by atoms with Crippen molar-refractivity contribution in [1.82, 2.24) is 0 Å². The van der Waals surface area contributed by atoms with E-state index in [1.54, 1.807) is 0 Å². The molecule has 0 amide bonds. The van der Waals surface area contributed by atoms with E-state index in [-0.39, 0.29) is 0 Å². The van der Waals surface area contributed by atoms with Gasteiger partial charge in [0.15, 0.2) is 0 Å². The van der Waals surface area contributed by atoms with E-state index in [0.717, 1.165) is 6.42 Å². The molecular formula is C17H32OS2. The first-order valence-electron chi connectivity index (χ1n) is 8.37. The fourth-order valence-electron chi connectivity index (χ4n) is 2.58. The van der Waals surface area contributed by atoms with Gasteiger partial charge in [0.05, 0.1) is 4.08 Å². The standard InChI is InChI=1S/C17H32OS2/c1-2-3-4-5-6-7-8-12-17(13-9-10-14-18)19-15-11-16-20-17/h5-6,18H,2-4,7-16H2,1H3. The van der Waals surface area contributed by atoms with Gasteiger partial charge in [-0.3, -0.25) is 0 Å². The largest absolute Gasteiger partial charge is 0.396 e. The number of aliphatic hydroxyl groups excluding tert-OH is 1. The molecule has 1 heterocycles. The van der Waals surface area contributed by atoms with Gasteiger partial charge in [-0.15, -0.1) is 23.5 Å². The molecule has 1 nitrogen and oxygen atoms in total. The highest BCUT2D eigenvalue weighted by Gasteiger charge is 2.32. The van der Waals surface area contributed by atoms with Gasteiger partial charge in [-0.25, -0.2) is 0 Å². The van der Waals surface area contributed by atoms with Gasteiger partial charge < -0.3 is 5.11 Å². The number of aliphatic hydroxyl groups is 1. The topological polar surface area (TPSA) is 20.2 Å². The normalized spacial score (nSPS) is 18.7. The Hall–Kier alpha value is 0.400. The quantitative estimate of drug-likeness (QED) is 0.394. The zero-order valence-corrected chi connectivity index (χ0v) is 14.7. The Labute approximate surface area is 134 Å². The average molecular weight is 317 g/mol. The molecule has 3 heteroatoms. The number of hydrogen-bond acceptors (Lipinski definition) is 3. The second-order valence-electron chi connectivity index (χ2n) is 5.65. The van der Waals surface area contributed by atoms with Gasteiger partial charge >= 0.3 is 0 Å². The van der Waals surface area contributed by atoms with Crippen LogP contribution < -0.4 is 0 Å². The first-order valence-corrected chi connectivity index (χ1v) is 10.3. The highest BCUT2D eigenvalue weighted by atomic mass is 32.2. The third-order valence-electron chi connectivity index (χ3n) is 3.80. The predicted molar refractivity (Wildman–Crippen MR) is 95.7 cm³/mol. The van der Waals surface area contributed by atoms with E-state index < -0.39 is 0 Å². The van der Waals surface area contributed by atoms with Crippen LogP contribution in [0.25, 0.3) is 0 Å². The molecule has 0 aliphatic carbocycles. The van der Waals surface area contributed by atoms with E-state index >= 15 is 0 Å². The molecule has 0 aromatic rings. The molecule has 0 aromatic heterocycles. The Balaban J connectivity index is 2.24. The van der Waals surface area contributed by atoms with Gasteiger partial charge in [-0.1, -0.05) is 31.9 Å². The first kappa shape index (κ1) is 18.4. The molecule has 20 heavy (non-hydrogen) atoms. The summed E-state index contributed by atoms with van der Waals surface area (Å²) >= 11 is 4.38. The summed E-state index contributed by atoms with van der Waals surface area (Å²) in [6.07, 6.45) is 17.3. The second-order valence-corrected chi connectivity index (χ2v) is 8.86. The molecule has 0 saturated carbocycles. The molecule has 0 atom stereocenters. The van der Waals surface area contributed by atoms with Crippen LogP contribution in [0.15, 0.2) is 12.2 Å². The molecule has 1 saturated heterocycles. The van der Waals surface area contributed by atoms with Gasteiger partial charge in [0.1, 0.15) is 0 Å². The molecule has 0 radical (unpaired) electrons. The van der Waals surface area contributed by atoms with Gasteiger partial charge in [0.25, 0.3) is 0 Å². The van der Waals surface area contributed by atoms with Crippen molar-refractivity contribution < 1.29 is 5.11 Å². The van der Waals surface area contributed by atoms with E-state index in [2.05, 4.69) is 42.6 Å². The molecule has 1 aliphatic rings. The van der Waals surface area contributed by atoms with Crippen molar-refractivity contribution in [2.45, 2.75) is 75.2 Å². The van der Waals surface area contributed by atoms with Crippen molar-refractivity contribution in [3.63, 3.8) is 0 Å². The minimum absolute atomic E-state index is 0.353. The lowest BCUT2D eigenvalue weighted by molar-refractivity contribution is 0.282. The van der Waals surface area contributed by atoms with Crippen LogP contribution in [0.3, 0.4) is 0 Å². The van der Waals surface area contributed by atoms with Crippen LogP contribution in [-0.2, 0) is 0 Å². The van der Waals surface area contributed by atoms with E-state index in [1.165, 1.54) is 69.3 Å². The summed E-state index contributed by atoms with van der Waals surface area (Å²) in [5, 5.41) is 8.97. The van der Waals surface area contributed by atoms with E-state index in [9.17, 15) is 0 Å². The monoisotopic (exact) mass is 316 g/mol.